The number of fused-ring (bicyclic) bond motifs is 3. The molecule has 0 radical (unpaired) electrons. The molecule has 0 fully saturated rings. The molecule has 0 unspecified atom stereocenters. The summed E-state index contributed by atoms with van der Waals surface area (Å²) in [5.74, 6) is 0.501. The maximum atomic E-state index is 13.0. The minimum Gasteiger partial charge on any atom is -0.290 e. The number of hydrogen-bond donors (Lipinski definition) is 1. The van der Waals surface area contributed by atoms with Crippen molar-refractivity contribution in [1.82, 2.24) is 24.6 Å². The number of carbonyl (C=O) groups is 1. The number of rotatable bonds is 3. The first-order chi connectivity index (χ1) is 12.5. The third-order valence-corrected chi connectivity index (χ3v) is 4.78. The Morgan fingerprint density at radius 3 is 2.73 bits per heavy atom. The fraction of sp³-hybridized carbons (Fsp3) is 0.389. The SMILES string of the molecule is CC(C)c1nnc2c(C(=O)Nc3ncc(F)cn3)cc3c(n12)CC[C@H]3C. The Bertz CT molecular complexity index is 995. The molecule has 0 aliphatic heterocycles. The van der Waals surface area contributed by atoms with Crippen LogP contribution in [0.2, 0.25) is 0 Å². The molecule has 0 aromatic carbocycles. The first-order valence-electron chi connectivity index (χ1n) is 8.65. The highest BCUT2D eigenvalue weighted by Gasteiger charge is 2.28. The van der Waals surface area contributed by atoms with Crippen molar-refractivity contribution in [3.8, 4) is 0 Å². The second-order valence-electron chi connectivity index (χ2n) is 6.95. The third kappa shape index (κ3) is 2.61. The van der Waals surface area contributed by atoms with E-state index in [1.54, 1.807) is 0 Å². The Hall–Kier alpha value is -2.90. The number of aryl methyl sites for hydroxylation is 1. The molecular formula is C18H19FN6O. The number of hydrogen-bond acceptors (Lipinski definition) is 5. The van der Waals surface area contributed by atoms with Gasteiger partial charge in [0, 0.05) is 11.6 Å². The normalized spacial score (nSPS) is 16.3. The van der Waals surface area contributed by atoms with Crippen LogP contribution in [-0.4, -0.2) is 30.5 Å². The predicted octanol–water partition coefficient (Wildman–Crippen LogP) is 3.08. The number of aromatic nitrogens is 5. The lowest BCUT2D eigenvalue weighted by Crippen LogP contribution is -2.17. The van der Waals surface area contributed by atoms with Crippen LogP contribution in [0.25, 0.3) is 5.65 Å². The Balaban J connectivity index is 1.83. The molecule has 1 aliphatic carbocycles. The van der Waals surface area contributed by atoms with Gasteiger partial charge in [-0.2, -0.15) is 0 Å². The third-order valence-electron chi connectivity index (χ3n) is 4.78. The summed E-state index contributed by atoms with van der Waals surface area (Å²) >= 11 is 0. The number of amides is 1. The summed E-state index contributed by atoms with van der Waals surface area (Å²) < 4.78 is 15.0. The molecule has 3 aromatic rings. The maximum absolute atomic E-state index is 13.0. The second-order valence-corrected chi connectivity index (χ2v) is 6.95. The van der Waals surface area contributed by atoms with E-state index in [1.807, 2.05) is 10.5 Å². The second kappa shape index (κ2) is 6.12. The smallest absolute Gasteiger partial charge is 0.261 e. The van der Waals surface area contributed by atoms with E-state index in [2.05, 4.69) is 46.3 Å². The van der Waals surface area contributed by atoms with Crippen LogP contribution in [0, 0.1) is 5.82 Å². The Kier molecular flexibility index (Phi) is 3.90. The molecule has 134 valence electrons. The zero-order valence-corrected chi connectivity index (χ0v) is 14.8. The molecule has 1 atom stereocenters. The van der Waals surface area contributed by atoms with E-state index >= 15 is 0 Å². The monoisotopic (exact) mass is 354 g/mol. The average molecular weight is 354 g/mol. The Morgan fingerprint density at radius 1 is 1.31 bits per heavy atom. The molecular weight excluding hydrogens is 335 g/mol. The van der Waals surface area contributed by atoms with Gasteiger partial charge in [-0.3, -0.25) is 14.5 Å². The highest BCUT2D eigenvalue weighted by atomic mass is 19.1. The number of nitrogens with zero attached hydrogens (tertiary/aromatic N) is 5. The summed E-state index contributed by atoms with van der Waals surface area (Å²) in [5.41, 5.74) is 3.27. The maximum Gasteiger partial charge on any atom is 0.261 e. The van der Waals surface area contributed by atoms with E-state index in [9.17, 15) is 9.18 Å². The standard InChI is InChI=1S/C18H19FN6O/c1-9(2)15-23-24-16-13(6-12-10(3)4-5-14(12)25(15)16)17(26)22-18-20-7-11(19)8-21-18/h6-10H,4-5H2,1-3H3,(H,20,21,22,26)/t10-/m1/s1. The number of anilines is 1. The summed E-state index contributed by atoms with van der Waals surface area (Å²) in [6.45, 7) is 6.27. The van der Waals surface area contributed by atoms with Crippen LogP contribution >= 0.6 is 0 Å². The molecule has 3 heterocycles. The van der Waals surface area contributed by atoms with E-state index < -0.39 is 5.82 Å². The van der Waals surface area contributed by atoms with Crippen molar-refractivity contribution in [3.05, 3.63) is 46.9 Å². The van der Waals surface area contributed by atoms with Crippen molar-refractivity contribution >= 4 is 17.5 Å². The van der Waals surface area contributed by atoms with Gasteiger partial charge in [-0.15, -0.1) is 10.2 Å². The van der Waals surface area contributed by atoms with Crippen LogP contribution in [0.15, 0.2) is 18.5 Å². The fourth-order valence-corrected chi connectivity index (χ4v) is 3.45. The zero-order chi connectivity index (χ0) is 18.4. The lowest BCUT2D eigenvalue weighted by Gasteiger charge is -2.13. The highest BCUT2D eigenvalue weighted by Crippen LogP contribution is 2.35. The van der Waals surface area contributed by atoms with Gasteiger partial charge in [0.1, 0.15) is 5.82 Å². The van der Waals surface area contributed by atoms with Gasteiger partial charge >= 0.3 is 0 Å². The van der Waals surface area contributed by atoms with Gasteiger partial charge in [-0.25, -0.2) is 14.4 Å². The van der Waals surface area contributed by atoms with Gasteiger partial charge in [0.2, 0.25) is 5.95 Å². The zero-order valence-electron chi connectivity index (χ0n) is 14.8. The molecule has 1 N–H and O–H groups in total. The largest absolute Gasteiger partial charge is 0.290 e. The first-order valence-corrected chi connectivity index (χ1v) is 8.65. The molecule has 1 aliphatic rings. The summed E-state index contributed by atoms with van der Waals surface area (Å²) in [7, 11) is 0. The number of nitrogens with one attached hydrogen (secondary N) is 1. The molecule has 8 heteroatoms. The summed E-state index contributed by atoms with van der Waals surface area (Å²) in [4.78, 5) is 20.4. The molecule has 1 amide bonds. The van der Waals surface area contributed by atoms with Crippen molar-refractivity contribution in [2.45, 2.75) is 45.4 Å². The van der Waals surface area contributed by atoms with Gasteiger partial charge < -0.3 is 0 Å². The first kappa shape index (κ1) is 16.6. The van der Waals surface area contributed by atoms with E-state index in [0.717, 1.165) is 36.6 Å². The van der Waals surface area contributed by atoms with Crippen molar-refractivity contribution in [2.75, 3.05) is 5.32 Å². The fourth-order valence-electron chi connectivity index (χ4n) is 3.45. The van der Waals surface area contributed by atoms with E-state index in [1.165, 1.54) is 5.69 Å². The summed E-state index contributed by atoms with van der Waals surface area (Å²) in [5, 5.41) is 11.2. The quantitative estimate of drug-likeness (QED) is 0.781. The molecule has 0 saturated carbocycles. The minimum absolute atomic E-state index is 0.0479. The number of carbonyl (C=O) groups excluding carboxylic acids is 1. The van der Waals surface area contributed by atoms with Crippen LogP contribution in [0.5, 0.6) is 0 Å². The number of pyridine rings is 1. The lowest BCUT2D eigenvalue weighted by molar-refractivity contribution is 0.102. The van der Waals surface area contributed by atoms with Crippen molar-refractivity contribution in [3.63, 3.8) is 0 Å². The topological polar surface area (TPSA) is 85.1 Å². The van der Waals surface area contributed by atoms with Crippen molar-refractivity contribution in [1.29, 1.82) is 0 Å². The molecule has 4 rings (SSSR count). The van der Waals surface area contributed by atoms with Crippen molar-refractivity contribution < 1.29 is 9.18 Å². The molecule has 0 saturated heterocycles. The molecule has 0 spiro atoms. The highest BCUT2D eigenvalue weighted by molar-refractivity contribution is 6.07. The van der Waals surface area contributed by atoms with Crippen LogP contribution in [0.1, 0.15) is 66.5 Å². The molecule has 7 nitrogen and oxygen atoms in total. The number of halogens is 1. The molecule has 3 aromatic heterocycles. The van der Waals surface area contributed by atoms with Crippen molar-refractivity contribution in [2.24, 2.45) is 0 Å². The van der Waals surface area contributed by atoms with Gasteiger partial charge in [0.05, 0.1) is 18.0 Å². The van der Waals surface area contributed by atoms with E-state index in [0.29, 0.717) is 17.1 Å². The lowest BCUT2D eigenvalue weighted by atomic mass is 10.0. The Morgan fingerprint density at radius 2 is 2.04 bits per heavy atom. The van der Waals surface area contributed by atoms with Crippen LogP contribution in [0.3, 0.4) is 0 Å². The Labute approximate surface area is 149 Å². The van der Waals surface area contributed by atoms with Gasteiger partial charge in [0.25, 0.3) is 5.91 Å². The summed E-state index contributed by atoms with van der Waals surface area (Å²) in [6, 6.07) is 1.89. The predicted molar refractivity (Wildman–Crippen MR) is 93.8 cm³/mol. The average Bonchev–Trinajstić information content (AvgIpc) is 3.20. The van der Waals surface area contributed by atoms with E-state index in [-0.39, 0.29) is 17.8 Å². The van der Waals surface area contributed by atoms with Crippen LogP contribution in [-0.2, 0) is 6.42 Å². The van der Waals surface area contributed by atoms with Gasteiger partial charge in [-0.1, -0.05) is 20.8 Å². The van der Waals surface area contributed by atoms with E-state index in [4.69, 9.17) is 0 Å². The van der Waals surface area contributed by atoms with Crippen LogP contribution < -0.4 is 5.32 Å². The van der Waals surface area contributed by atoms with Gasteiger partial charge in [-0.05, 0) is 30.4 Å². The summed E-state index contributed by atoms with van der Waals surface area (Å²) in [6.07, 6.45) is 3.99. The molecule has 26 heavy (non-hydrogen) atoms. The van der Waals surface area contributed by atoms with Gasteiger partial charge in [0.15, 0.2) is 11.5 Å². The molecule has 0 bridgehead atoms. The van der Waals surface area contributed by atoms with Crippen LogP contribution in [0.4, 0.5) is 10.3 Å². The minimum atomic E-state index is -0.559.